The van der Waals surface area contributed by atoms with Crippen LogP contribution in [0.1, 0.15) is 11.1 Å². The highest BCUT2D eigenvalue weighted by molar-refractivity contribution is 5.98. The van der Waals surface area contributed by atoms with Gasteiger partial charge in [-0.3, -0.25) is 0 Å². The van der Waals surface area contributed by atoms with Crippen LogP contribution >= 0.6 is 0 Å². The minimum atomic E-state index is 0.606. The molecule has 0 aromatic heterocycles. The van der Waals surface area contributed by atoms with E-state index in [9.17, 15) is 0 Å². The van der Waals surface area contributed by atoms with Crippen LogP contribution in [0.2, 0.25) is 0 Å². The van der Waals surface area contributed by atoms with Gasteiger partial charge in [-0.25, -0.2) is 9.98 Å². The fraction of sp³-hybridized carbons (Fsp3) is 0.167. The maximum Gasteiger partial charge on any atom is 0.220 e. The lowest BCUT2D eigenvalue weighted by Gasteiger charge is -2.13. The average Bonchev–Trinajstić information content (AvgIpc) is 3.51. The second-order valence-corrected chi connectivity index (χ2v) is 6.74. The van der Waals surface area contributed by atoms with Gasteiger partial charge in [-0.05, 0) is 48.5 Å². The minimum Gasteiger partial charge on any atom is -0.475 e. The first-order valence-corrected chi connectivity index (χ1v) is 9.86. The Kier molecular flexibility index (Phi) is 5.04. The molecule has 6 nitrogen and oxygen atoms in total. The van der Waals surface area contributed by atoms with Gasteiger partial charge in [-0.2, -0.15) is 0 Å². The van der Waals surface area contributed by atoms with Crippen molar-refractivity contribution < 1.29 is 18.9 Å². The molecule has 5 rings (SSSR count). The standard InChI is InChI=1S/C24H20N2O4/c1-3-7-21(19(5-1)23-25-13-15-27-23)29-17-9-11-18(12-10-17)30-22-8-4-2-6-20(22)24-26-14-16-28-24/h1-12H,13-16H2. The largest absolute Gasteiger partial charge is 0.475 e. The van der Waals surface area contributed by atoms with Crippen LogP contribution in [0.15, 0.2) is 82.8 Å². The molecular formula is C24H20N2O4. The van der Waals surface area contributed by atoms with Gasteiger partial charge in [0.25, 0.3) is 0 Å². The number of aliphatic imine (C=N–C) groups is 2. The molecule has 0 amide bonds. The van der Waals surface area contributed by atoms with Gasteiger partial charge >= 0.3 is 0 Å². The number of hydrogen-bond acceptors (Lipinski definition) is 6. The van der Waals surface area contributed by atoms with Crippen molar-refractivity contribution in [1.29, 1.82) is 0 Å². The Morgan fingerprint density at radius 1 is 0.567 bits per heavy atom. The van der Waals surface area contributed by atoms with Crippen LogP contribution in [-0.2, 0) is 9.47 Å². The lowest BCUT2D eigenvalue weighted by atomic mass is 10.2. The highest BCUT2D eigenvalue weighted by atomic mass is 16.5. The number of nitrogens with zero attached hydrogens (tertiary/aromatic N) is 2. The molecule has 0 aliphatic carbocycles. The number of ether oxygens (including phenoxy) is 4. The Labute approximate surface area is 174 Å². The Balaban J connectivity index is 1.33. The first-order chi connectivity index (χ1) is 14.9. The summed E-state index contributed by atoms with van der Waals surface area (Å²) in [6.07, 6.45) is 0. The monoisotopic (exact) mass is 400 g/mol. The molecule has 0 N–H and O–H groups in total. The molecule has 150 valence electrons. The van der Waals surface area contributed by atoms with Crippen molar-refractivity contribution in [3.8, 4) is 23.0 Å². The fourth-order valence-electron chi connectivity index (χ4n) is 3.29. The van der Waals surface area contributed by atoms with E-state index in [0.29, 0.717) is 61.1 Å². The fourth-order valence-corrected chi connectivity index (χ4v) is 3.29. The SMILES string of the molecule is c1ccc(C2=NCCO2)c(Oc2ccc(Oc3ccccc3C3=NCCO3)cc2)c1. The van der Waals surface area contributed by atoms with Crippen molar-refractivity contribution in [2.24, 2.45) is 9.98 Å². The summed E-state index contributed by atoms with van der Waals surface area (Å²) in [5.41, 5.74) is 1.70. The van der Waals surface area contributed by atoms with Gasteiger partial charge in [-0.1, -0.05) is 24.3 Å². The van der Waals surface area contributed by atoms with Crippen molar-refractivity contribution in [2.45, 2.75) is 0 Å². The molecule has 0 radical (unpaired) electrons. The van der Waals surface area contributed by atoms with E-state index in [4.69, 9.17) is 18.9 Å². The smallest absolute Gasteiger partial charge is 0.220 e. The van der Waals surface area contributed by atoms with Crippen LogP contribution in [0.5, 0.6) is 23.0 Å². The van der Waals surface area contributed by atoms with Crippen LogP contribution in [-0.4, -0.2) is 38.1 Å². The summed E-state index contributed by atoms with van der Waals surface area (Å²) < 4.78 is 23.3. The molecule has 3 aromatic carbocycles. The molecule has 0 spiro atoms. The van der Waals surface area contributed by atoms with E-state index in [1.54, 1.807) is 0 Å². The third-order valence-corrected chi connectivity index (χ3v) is 4.69. The van der Waals surface area contributed by atoms with Gasteiger partial charge in [0.15, 0.2) is 0 Å². The van der Waals surface area contributed by atoms with Crippen LogP contribution < -0.4 is 9.47 Å². The minimum absolute atomic E-state index is 0.606. The molecule has 2 aliphatic rings. The summed E-state index contributed by atoms with van der Waals surface area (Å²) in [5, 5.41) is 0. The van der Waals surface area contributed by atoms with E-state index in [1.807, 2.05) is 72.8 Å². The zero-order valence-corrected chi connectivity index (χ0v) is 16.3. The predicted octanol–water partition coefficient (Wildman–Crippen LogP) is 4.82. The van der Waals surface area contributed by atoms with Crippen molar-refractivity contribution in [3.63, 3.8) is 0 Å². The maximum absolute atomic E-state index is 6.08. The molecule has 0 bridgehead atoms. The molecule has 2 heterocycles. The van der Waals surface area contributed by atoms with Gasteiger partial charge < -0.3 is 18.9 Å². The quantitative estimate of drug-likeness (QED) is 0.595. The number of benzene rings is 3. The molecule has 0 saturated heterocycles. The predicted molar refractivity (Wildman–Crippen MR) is 114 cm³/mol. The topological polar surface area (TPSA) is 61.6 Å². The summed E-state index contributed by atoms with van der Waals surface area (Å²) in [4.78, 5) is 8.77. The van der Waals surface area contributed by atoms with Crippen molar-refractivity contribution in [3.05, 3.63) is 83.9 Å². The molecule has 30 heavy (non-hydrogen) atoms. The van der Waals surface area contributed by atoms with Crippen LogP contribution in [0.3, 0.4) is 0 Å². The van der Waals surface area contributed by atoms with E-state index in [2.05, 4.69) is 9.98 Å². The molecule has 2 aliphatic heterocycles. The highest BCUT2D eigenvalue weighted by Gasteiger charge is 2.17. The van der Waals surface area contributed by atoms with Crippen LogP contribution in [0, 0.1) is 0 Å². The van der Waals surface area contributed by atoms with E-state index >= 15 is 0 Å². The highest BCUT2D eigenvalue weighted by Crippen LogP contribution is 2.31. The first-order valence-electron chi connectivity index (χ1n) is 9.86. The van der Waals surface area contributed by atoms with Gasteiger partial charge in [0.05, 0.1) is 24.2 Å². The maximum atomic E-state index is 6.08. The number of para-hydroxylation sites is 2. The molecule has 0 unspecified atom stereocenters. The number of rotatable bonds is 6. The van der Waals surface area contributed by atoms with E-state index < -0.39 is 0 Å². The Bertz CT molecular complexity index is 1020. The van der Waals surface area contributed by atoms with Gasteiger partial charge in [0, 0.05) is 0 Å². The van der Waals surface area contributed by atoms with Gasteiger partial charge in [-0.15, -0.1) is 0 Å². The normalized spacial score (nSPS) is 15.1. The Morgan fingerprint density at radius 2 is 1.00 bits per heavy atom. The van der Waals surface area contributed by atoms with Crippen molar-refractivity contribution >= 4 is 11.8 Å². The van der Waals surface area contributed by atoms with Crippen LogP contribution in [0.4, 0.5) is 0 Å². The van der Waals surface area contributed by atoms with E-state index in [0.717, 1.165) is 11.1 Å². The third-order valence-electron chi connectivity index (χ3n) is 4.69. The summed E-state index contributed by atoms with van der Waals surface area (Å²) in [7, 11) is 0. The van der Waals surface area contributed by atoms with Crippen LogP contribution in [0.25, 0.3) is 0 Å². The zero-order valence-electron chi connectivity index (χ0n) is 16.3. The molecule has 0 fully saturated rings. The molecule has 0 saturated carbocycles. The second kappa shape index (κ2) is 8.29. The summed E-state index contributed by atoms with van der Waals surface area (Å²) in [5.74, 6) is 4.05. The summed E-state index contributed by atoms with van der Waals surface area (Å²) in [6, 6.07) is 22.9. The Hall–Kier alpha value is -3.80. The molecule has 3 aromatic rings. The van der Waals surface area contributed by atoms with Crippen molar-refractivity contribution in [2.75, 3.05) is 26.3 Å². The lowest BCUT2D eigenvalue weighted by molar-refractivity contribution is 0.346. The van der Waals surface area contributed by atoms with E-state index in [-0.39, 0.29) is 0 Å². The zero-order chi connectivity index (χ0) is 20.2. The molecule has 0 atom stereocenters. The summed E-state index contributed by atoms with van der Waals surface area (Å²) >= 11 is 0. The van der Waals surface area contributed by atoms with E-state index in [1.165, 1.54) is 0 Å². The molecular weight excluding hydrogens is 380 g/mol. The van der Waals surface area contributed by atoms with Gasteiger partial charge in [0.1, 0.15) is 36.2 Å². The van der Waals surface area contributed by atoms with Gasteiger partial charge in [0.2, 0.25) is 11.8 Å². The third kappa shape index (κ3) is 3.85. The van der Waals surface area contributed by atoms with Crippen molar-refractivity contribution in [1.82, 2.24) is 0 Å². The first kappa shape index (κ1) is 18.2. The molecule has 6 heteroatoms. The lowest BCUT2D eigenvalue weighted by Crippen LogP contribution is -2.03. The number of hydrogen-bond donors (Lipinski definition) is 0. The Morgan fingerprint density at radius 3 is 1.40 bits per heavy atom. The average molecular weight is 400 g/mol. The summed E-state index contributed by atoms with van der Waals surface area (Å²) in [6.45, 7) is 2.56. The second-order valence-electron chi connectivity index (χ2n) is 6.74.